The lowest BCUT2D eigenvalue weighted by Crippen LogP contribution is -2.41. The van der Waals surface area contributed by atoms with Gasteiger partial charge < -0.3 is 14.0 Å². The molecule has 1 aliphatic heterocycles. The minimum absolute atomic E-state index is 0.342. The van der Waals surface area contributed by atoms with E-state index < -0.39 is 7.12 Å². The highest BCUT2D eigenvalue weighted by Gasteiger charge is 2.51. The molecule has 0 atom stereocenters. The lowest BCUT2D eigenvalue weighted by Gasteiger charge is -2.32. The third-order valence-electron chi connectivity index (χ3n) is 5.73. The quantitative estimate of drug-likeness (QED) is 0.388. The fraction of sp³-hybridized carbons (Fsp3) is 0.364. The van der Waals surface area contributed by atoms with Crippen LogP contribution >= 0.6 is 0 Å². The summed E-state index contributed by atoms with van der Waals surface area (Å²) in [5, 5.41) is 5.55. The summed E-state index contributed by atoms with van der Waals surface area (Å²) >= 11 is 0. The second-order valence-corrected chi connectivity index (χ2v) is 8.52. The lowest BCUT2D eigenvalue weighted by atomic mass is 9.78. The number of carbonyl (C=O) groups is 1. The maximum Gasteiger partial charge on any atom is 0.494 e. The molecule has 6 nitrogen and oxygen atoms in total. The minimum Gasteiger partial charge on any atom is -0.427 e. The van der Waals surface area contributed by atoms with Crippen LogP contribution in [0.2, 0.25) is 0 Å². The van der Waals surface area contributed by atoms with Gasteiger partial charge in [-0.2, -0.15) is 5.10 Å². The van der Waals surface area contributed by atoms with Crippen molar-refractivity contribution in [2.45, 2.75) is 52.7 Å². The van der Waals surface area contributed by atoms with Crippen LogP contribution in [-0.2, 0) is 14.1 Å². The van der Waals surface area contributed by atoms with E-state index >= 15 is 0 Å². The number of esters is 1. The van der Waals surface area contributed by atoms with E-state index in [1.54, 1.807) is 6.07 Å². The van der Waals surface area contributed by atoms with Gasteiger partial charge in [-0.1, -0.05) is 12.1 Å². The van der Waals surface area contributed by atoms with E-state index in [4.69, 9.17) is 14.0 Å². The zero-order valence-electron chi connectivity index (χ0n) is 17.6. The second kappa shape index (κ2) is 6.71. The van der Waals surface area contributed by atoms with Gasteiger partial charge >= 0.3 is 13.1 Å². The van der Waals surface area contributed by atoms with Crippen molar-refractivity contribution < 1.29 is 18.8 Å². The normalized spacial score (nSPS) is 17.7. The molecule has 0 amide bonds. The first kappa shape index (κ1) is 19.7. The highest BCUT2D eigenvalue weighted by Crippen LogP contribution is 2.36. The molecule has 1 aromatic heterocycles. The van der Waals surface area contributed by atoms with Crippen LogP contribution < -0.4 is 10.2 Å². The minimum atomic E-state index is -0.393. The molecule has 1 fully saturated rings. The Hall–Kier alpha value is -2.64. The number of fused-ring (bicyclic) bond motifs is 1. The van der Waals surface area contributed by atoms with Gasteiger partial charge in [-0.05, 0) is 69.9 Å². The van der Waals surface area contributed by atoms with Crippen molar-refractivity contribution >= 4 is 29.5 Å². The molecular formula is C22H25BN2O4. The Morgan fingerprint density at radius 2 is 1.76 bits per heavy atom. The first-order chi connectivity index (χ1) is 13.6. The van der Waals surface area contributed by atoms with Crippen molar-refractivity contribution in [1.82, 2.24) is 9.78 Å². The van der Waals surface area contributed by atoms with Crippen LogP contribution in [0, 0.1) is 6.92 Å². The highest BCUT2D eigenvalue weighted by atomic mass is 16.7. The van der Waals surface area contributed by atoms with Crippen molar-refractivity contribution in [2.75, 3.05) is 0 Å². The lowest BCUT2D eigenvalue weighted by molar-refractivity contribution is -0.131. The summed E-state index contributed by atoms with van der Waals surface area (Å²) in [5.74, 6) is 0.170. The van der Waals surface area contributed by atoms with Crippen LogP contribution in [0.5, 0.6) is 5.75 Å². The van der Waals surface area contributed by atoms with Crippen LogP contribution in [0.4, 0.5) is 0 Å². The summed E-state index contributed by atoms with van der Waals surface area (Å²) in [5.41, 5.74) is 3.10. The Labute approximate surface area is 170 Å². The molecule has 0 aliphatic carbocycles. The monoisotopic (exact) mass is 392 g/mol. The van der Waals surface area contributed by atoms with E-state index in [0.717, 1.165) is 27.6 Å². The number of ether oxygens (including phenoxy) is 1. The van der Waals surface area contributed by atoms with E-state index in [0.29, 0.717) is 5.75 Å². The summed E-state index contributed by atoms with van der Waals surface area (Å²) < 4.78 is 19.3. The summed E-state index contributed by atoms with van der Waals surface area (Å²) in [6.07, 6.45) is 1.93. The molecule has 0 radical (unpaired) electrons. The predicted molar refractivity (Wildman–Crippen MR) is 113 cm³/mol. The molecule has 2 heterocycles. The molecule has 0 N–H and O–H groups in total. The molecule has 150 valence electrons. The molecule has 29 heavy (non-hydrogen) atoms. The van der Waals surface area contributed by atoms with Gasteiger partial charge in [0.1, 0.15) is 5.75 Å². The molecular weight excluding hydrogens is 367 g/mol. The molecule has 0 saturated carbocycles. The van der Waals surface area contributed by atoms with Gasteiger partial charge in [0.15, 0.2) is 0 Å². The highest BCUT2D eigenvalue weighted by molar-refractivity contribution is 6.62. The van der Waals surface area contributed by atoms with Crippen molar-refractivity contribution in [3.05, 3.63) is 48.2 Å². The van der Waals surface area contributed by atoms with Crippen LogP contribution in [0.3, 0.4) is 0 Å². The number of hydrogen-bond acceptors (Lipinski definition) is 5. The number of aromatic nitrogens is 2. The topological polar surface area (TPSA) is 62.6 Å². The standard InChI is InChI=1S/C22H25BN2O4/c1-14-11-17(23-28-21(3,4)22(5,6)29-23)7-10-20(14)25-13-16-12-18(27-15(2)26)8-9-19(16)24-25/h7-13H,1-6H3. The first-order valence-corrected chi connectivity index (χ1v) is 9.70. The molecule has 2 aromatic carbocycles. The molecule has 0 bridgehead atoms. The summed E-state index contributed by atoms with van der Waals surface area (Å²) in [4.78, 5) is 11.2. The number of nitrogens with zero attached hydrogens (tertiary/aromatic N) is 2. The van der Waals surface area contributed by atoms with E-state index in [-0.39, 0.29) is 17.2 Å². The Kier molecular flexibility index (Phi) is 4.55. The van der Waals surface area contributed by atoms with E-state index in [1.165, 1.54) is 6.92 Å². The molecule has 1 aliphatic rings. The average Bonchev–Trinajstić information content (AvgIpc) is 3.11. The van der Waals surface area contributed by atoms with Crippen molar-refractivity contribution in [1.29, 1.82) is 0 Å². The number of aryl methyl sites for hydroxylation is 1. The Bertz CT molecular complexity index is 1090. The number of hydrogen-bond donors (Lipinski definition) is 0. The maximum absolute atomic E-state index is 11.2. The van der Waals surface area contributed by atoms with Gasteiger partial charge in [-0.25, -0.2) is 4.68 Å². The second-order valence-electron chi connectivity index (χ2n) is 8.52. The van der Waals surface area contributed by atoms with Gasteiger partial charge in [0.25, 0.3) is 0 Å². The van der Waals surface area contributed by atoms with Gasteiger partial charge in [0, 0.05) is 18.5 Å². The van der Waals surface area contributed by atoms with E-state index in [1.807, 2.05) is 69.8 Å². The molecule has 7 heteroatoms. The van der Waals surface area contributed by atoms with Gasteiger partial charge in [-0.3, -0.25) is 4.79 Å². The fourth-order valence-electron chi connectivity index (χ4n) is 3.42. The SMILES string of the molecule is CC(=O)Oc1ccc2nn(-c3ccc(B4OC(C)(C)C(C)(C)O4)cc3C)cc2c1. The van der Waals surface area contributed by atoms with Crippen molar-refractivity contribution in [3.63, 3.8) is 0 Å². The van der Waals surface area contributed by atoms with Crippen LogP contribution in [0.15, 0.2) is 42.6 Å². The number of carbonyl (C=O) groups excluding carboxylic acids is 1. The molecule has 4 rings (SSSR count). The van der Waals surface area contributed by atoms with Crippen LogP contribution in [0.25, 0.3) is 16.6 Å². The van der Waals surface area contributed by atoms with E-state index in [9.17, 15) is 4.79 Å². The van der Waals surface area contributed by atoms with Gasteiger partial charge in [-0.15, -0.1) is 0 Å². The maximum atomic E-state index is 11.2. The molecule has 0 spiro atoms. The van der Waals surface area contributed by atoms with Crippen molar-refractivity contribution in [2.24, 2.45) is 0 Å². The van der Waals surface area contributed by atoms with Crippen LogP contribution in [0.1, 0.15) is 40.2 Å². The Balaban J connectivity index is 1.64. The van der Waals surface area contributed by atoms with Gasteiger partial charge in [0.2, 0.25) is 0 Å². The van der Waals surface area contributed by atoms with E-state index in [2.05, 4.69) is 11.2 Å². The number of benzene rings is 2. The Morgan fingerprint density at radius 3 is 2.38 bits per heavy atom. The summed E-state index contributed by atoms with van der Waals surface area (Å²) in [6, 6.07) is 11.5. The smallest absolute Gasteiger partial charge is 0.427 e. The third-order valence-corrected chi connectivity index (χ3v) is 5.73. The summed E-state index contributed by atoms with van der Waals surface area (Å²) in [6.45, 7) is 11.6. The average molecular weight is 392 g/mol. The zero-order valence-corrected chi connectivity index (χ0v) is 17.6. The largest absolute Gasteiger partial charge is 0.494 e. The molecule has 1 saturated heterocycles. The predicted octanol–water partition coefficient (Wildman–Crippen LogP) is 3.56. The Morgan fingerprint density at radius 1 is 1.07 bits per heavy atom. The third kappa shape index (κ3) is 3.56. The van der Waals surface area contributed by atoms with Crippen molar-refractivity contribution in [3.8, 4) is 11.4 Å². The first-order valence-electron chi connectivity index (χ1n) is 9.70. The molecule has 3 aromatic rings. The van der Waals surface area contributed by atoms with Crippen LogP contribution in [-0.4, -0.2) is 34.1 Å². The molecule has 0 unspecified atom stereocenters. The zero-order chi connectivity index (χ0) is 21.0. The summed E-state index contributed by atoms with van der Waals surface area (Å²) in [7, 11) is -0.393. The number of rotatable bonds is 3. The van der Waals surface area contributed by atoms with Gasteiger partial charge in [0.05, 0.1) is 22.4 Å². The fourth-order valence-corrected chi connectivity index (χ4v) is 3.42.